The van der Waals surface area contributed by atoms with Crippen molar-refractivity contribution in [3.8, 4) is 0 Å². The predicted molar refractivity (Wildman–Crippen MR) is 158 cm³/mol. The van der Waals surface area contributed by atoms with E-state index in [1.54, 1.807) is 0 Å². The summed E-state index contributed by atoms with van der Waals surface area (Å²) in [7, 11) is 0. The first kappa shape index (κ1) is 31.0. The molecule has 39 heavy (non-hydrogen) atoms. The Bertz CT molecular complexity index is 892. The Morgan fingerprint density at radius 1 is 1.00 bits per heavy atom. The van der Waals surface area contributed by atoms with Gasteiger partial charge in [-0.1, -0.05) is 65.0 Å². The molecule has 4 aliphatic rings. The summed E-state index contributed by atoms with van der Waals surface area (Å²) in [5.74, 6) is 4.09. The maximum Gasteiger partial charge on any atom is 0.302 e. The standard InChI is InChI=1S/C34H59NO4/c1-22(2)8-7-9-23(3)27-10-11-28-26-21-31(34(35,16-18-36)17-19-37)30-20-25(39-24(4)38)12-14-33(30,6)29(26)13-15-32(27,28)5/h22-23,25-29,36-37H,7-21,35H2,1-6H3/t23-,25+,26+,27-,28+,29+,32-,33-/m1/s1. The van der Waals surface area contributed by atoms with Crippen molar-refractivity contribution in [1.29, 1.82) is 0 Å². The van der Waals surface area contributed by atoms with Crippen LogP contribution < -0.4 is 5.73 Å². The number of hydrogen-bond donors (Lipinski definition) is 3. The Kier molecular flexibility index (Phi) is 9.66. The lowest BCUT2D eigenvalue weighted by molar-refractivity contribution is -0.148. The smallest absolute Gasteiger partial charge is 0.302 e. The van der Waals surface area contributed by atoms with Crippen LogP contribution in [0.25, 0.3) is 0 Å². The van der Waals surface area contributed by atoms with E-state index >= 15 is 0 Å². The highest BCUT2D eigenvalue weighted by Crippen LogP contribution is 2.69. The first-order chi connectivity index (χ1) is 18.4. The van der Waals surface area contributed by atoms with Crippen molar-refractivity contribution in [2.75, 3.05) is 13.2 Å². The third-order valence-electron chi connectivity index (χ3n) is 12.4. The van der Waals surface area contributed by atoms with Crippen LogP contribution in [0, 0.1) is 46.3 Å². The fourth-order valence-corrected chi connectivity index (χ4v) is 10.5. The van der Waals surface area contributed by atoms with Gasteiger partial charge in [0.1, 0.15) is 6.10 Å². The molecular formula is C34H59NO4. The van der Waals surface area contributed by atoms with Crippen LogP contribution in [0.5, 0.6) is 0 Å². The van der Waals surface area contributed by atoms with E-state index in [1.165, 1.54) is 63.0 Å². The quantitative estimate of drug-likeness (QED) is 0.196. The molecular weight excluding hydrogens is 486 g/mol. The van der Waals surface area contributed by atoms with Gasteiger partial charge in [0.2, 0.25) is 0 Å². The van der Waals surface area contributed by atoms with Gasteiger partial charge < -0.3 is 20.7 Å². The van der Waals surface area contributed by atoms with Gasteiger partial charge in [0.25, 0.3) is 0 Å². The summed E-state index contributed by atoms with van der Waals surface area (Å²) in [5, 5.41) is 20.1. The molecule has 0 radical (unpaired) electrons. The molecule has 4 aliphatic carbocycles. The minimum atomic E-state index is -0.709. The molecule has 3 saturated carbocycles. The molecule has 0 saturated heterocycles. The van der Waals surface area contributed by atoms with Gasteiger partial charge >= 0.3 is 5.97 Å². The number of rotatable bonds is 11. The van der Waals surface area contributed by atoms with Crippen LogP contribution in [0.3, 0.4) is 0 Å². The number of nitrogens with two attached hydrogens (primary N) is 1. The second kappa shape index (κ2) is 12.1. The van der Waals surface area contributed by atoms with E-state index < -0.39 is 5.54 Å². The van der Waals surface area contributed by atoms with Crippen molar-refractivity contribution < 1.29 is 19.7 Å². The Morgan fingerprint density at radius 3 is 2.31 bits per heavy atom. The summed E-state index contributed by atoms with van der Waals surface area (Å²) in [4.78, 5) is 11.9. The third-order valence-corrected chi connectivity index (χ3v) is 12.4. The summed E-state index contributed by atoms with van der Waals surface area (Å²) in [6, 6.07) is 0. The molecule has 4 N–H and O–H groups in total. The second-order valence-electron chi connectivity index (χ2n) is 15.1. The number of hydrogen-bond acceptors (Lipinski definition) is 5. The molecule has 8 atom stereocenters. The molecule has 0 unspecified atom stereocenters. The normalized spacial score (nSPS) is 37.3. The summed E-state index contributed by atoms with van der Waals surface area (Å²) in [6.45, 7) is 13.9. The van der Waals surface area contributed by atoms with Crippen LogP contribution in [-0.2, 0) is 9.53 Å². The van der Waals surface area contributed by atoms with Crippen LogP contribution >= 0.6 is 0 Å². The molecule has 0 amide bonds. The molecule has 0 bridgehead atoms. The minimum absolute atomic E-state index is 0.0164. The second-order valence-corrected chi connectivity index (χ2v) is 15.1. The number of aliphatic hydroxyl groups excluding tert-OH is 2. The van der Waals surface area contributed by atoms with Crippen LogP contribution in [0.2, 0.25) is 0 Å². The van der Waals surface area contributed by atoms with Gasteiger partial charge in [-0.2, -0.15) is 0 Å². The van der Waals surface area contributed by atoms with E-state index in [4.69, 9.17) is 10.5 Å². The first-order valence-corrected chi connectivity index (χ1v) is 16.3. The van der Waals surface area contributed by atoms with Crippen LogP contribution in [0.15, 0.2) is 11.1 Å². The van der Waals surface area contributed by atoms with E-state index in [0.29, 0.717) is 36.0 Å². The maximum absolute atomic E-state index is 11.9. The summed E-state index contributed by atoms with van der Waals surface area (Å²) in [6.07, 6.45) is 13.8. The number of fused-ring (bicyclic) bond motifs is 5. The van der Waals surface area contributed by atoms with Crippen molar-refractivity contribution in [3.63, 3.8) is 0 Å². The summed E-state index contributed by atoms with van der Waals surface area (Å²) < 4.78 is 5.76. The van der Waals surface area contributed by atoms with E-state index in [2.05, 4.69) is 34.6 Å². The van der Waals surface area contributed by atoms with Gasteiger partial charge in [0.05, 0.1) is 0 Å². The molecule has 0 spiro atoms. The van der Waals surface area contributed by atoms with Gasteiger partial charge in [0.15, 0.2) is 0 Å². The molecule has 0 aliphatic heterocycles. The van der Waals surface area contributed by atoms with E-state index in [1.807, 2.05) is 0 Å². The average molecular weight is 546 g/mol. The maximum atomic E-state index is 11.9. The SMILES string of the molecule is CC(=O)O[C@H]1CC[C@@]2(C)C(=C(C(N)(CCO)CCO)C[C@H]3[C@@H]4CC[C@H]([C@H](C)CCCC(C)C)[C@@]4(C)CC[C@@H]32)C1. The molecule has 0 aromatic heterocycles. The van der Waals surface area contributed by atoms with Gasteiger partial charge in [-0.15, -0.1) is 0 Å². The van der Waals surface area contributed by atoms with Crippen molar-refractivity contribution in [1.82, 2.24) is 0 Å². The van der Waals surface area contributed by atoms with Crippen molar-refractivity contribution in [2.24, 2.45) is 52.1 Å². The van der Waals surface area contributed by atoms with Crippen LogP contribution in [0.4, 0.5) is 0 Å². The van der Waals surface area contributed by atoms with Gasteiger partial charge in [-0.25, -0.2) is 0 Å². The highest BCUT2D eigenvalue weighted by Gasteiger charge is 2.61. The number of carbonyl (C=O) groups excluding carboxylic acids is 1. The average Bonchev–Trinajstić information content (AvgIpc) is 3.21. The molecule has 0 aromatic rings. The fraction of sp³-hybridized carbons (Fsp3) is 0.912. The largest absolute Gasteiger partial charge is 0.462 e. The lowest BCUT2D eigenvalue weighted by Gasteiger charge is -2.61. The fourth-order valence-electron chi connectivity index (χ4n) is 10.5. The molecule has 224 valence electrons. The van der Waals surface area contributed by atoms with E-state index in [9.17, 15) is 15.0 Å². The molecule has 0 heterocycles. The van der Waals surface area contributed by atoms with Crippen molar-refractivity contribution in [3.05, 3.63) is 11.1 Å². The van der Waals surface area contributed by atoms with Crippen molar-refractivity contribution in [2.45, 2.75) is 137 Å². The molecule has 0 aromatic carbocycles. The van der Waals surface area contributed by atoms with Crippen molar-refractivity contribution >= 4 is 5.97 Å². The molecule has 5 heteroatoms. The zero-order valence-electron chi connectivity index (χ0n) is 25.9. The number of ether oxygens (including phenoxy) is 1. The van der Waals surface area contributed by atoms with Gasteiger partial charge in [0, 0.05) is 32.1 Å². The highest BCUT2D eigenvalue weighted by molar-refractivity contribution is 5.66. The first-order valence-electron chi connectivity index (χ1n) is 16.3. The Labute approximate surface area is 238 Å². The van der Waals surface area contributed by atoms with Crippen LogP contribution in [-0.4, -0.2) is 41.0 Å². The number of esters is 1. The lowest BCUT2D eigenvalue weighted by Crippen LogP contribution is -2.56. The molecule has 3 fully saturated rings. The third kappa shape index (κ3) is 5.89. The Hall–Kier alpha value is -0.910. The Morgan fingerprint density at radius 2 is 1.69 bits per heavy atom. The highest BCUT2D eigenvalue weighted by atomic mass is 16.5. The Balaban J connectivity index is 1.68. The van der Waals surface area contributed by atoms with E-state index in [-0.39, 0.29) is 30.7 Å². The lowest BCUT2D eigenvalue weighted by atomic mass is 9.44. The monoisotopic (exact) mass is 545 g/mol. The number of aliphatic hydroxyl groups is 2. The topological polar surface area (TPSA) is 92.8 Å². The summed E-state index contributed by atoms with van der Waals surface area (Å²) in [5.41, 5.74) is 9.57. The zero-order chi connectivity index (χ0) is 28.6. The van der Waals surface area contributed by atoms with Gasteiger partial charge in [-0.05, 0) is 104 Å². The molecule has 5 nitrogen and oxygen atoms in total. The number of carbonyl (C=O) groups is 1. The molecule has 4 rings (SSSR count). The van der Waals surface area contributed by atoms with Crippen LogP contribution in [0.1, 0.15) is 125 Å². The van der Waals surface area contributed by atoms with Gasteiger partial charge in [-0.3, -0.25) is 4.79 Å². The van der Waals surface area contributed by atoms with E-state index in [0.717, 1.165) is 43.4 Å². The predicted octanol–water partition coefficient (Wildman–Crippen LogP) is 6.79. The summed E-state index contributed by atoms with van der Waals surface area (Å²) >= 11 is 0. The minimum Gasteiger partial charge on any atom is -0.462 e. The zero-order valence-corrected chi connectivity index (χ0v) is 25.9.